The summed E-state index contributed by atoms with van der Waals surface area (Å²) in [6, 6.07) is 17.1. The Bertz CT molecular complexity index is 989. The van der Waals surface area contributed by atoms with E-state index in [9.17, 15) is 0 Å². The number of nitrogens with zero attached hydrogens (tertiary/aromatic N) is 4. The lowest BCUT2D eigenvalue weighted by Gasteiger charge is -2.26. The number of benzene rings is 2. The van der Waals surface area contributed by atoms with Gasteiger partial charge in [0.15, 0.2) is 5.96 Å². The zero-order valence-electron chi connectivity index (χ0n) is 18.5. The van der Waals surface area contributed by atoms with Crippen LogP contribution < -0.4 is 10.6 Å². The molecule has 0 unspecified atom stereocenters. The Morgan fingerprint density at radius 2 is 1.61 bits per heavy atom. The predicted octanol–water partition coefficient (Wildman–Crippen LogP) is 4.04. The summed E-state index contributed by atoms with van der Waals surface area (Å²) in [5.74, 6) is 1.76. The van der Waals surface area contributed by atoms with Crippen LogP contribution in [0.1, 0.15) is 36.2 Å². The molecule has 0 amide bonds. The summed E-state index contributed by atoms with van der Waals surface area (Å²) in [4.78, 5) is 11.6. The Hall–Kier alpha value is -2.13. The third-order valence-corrected chi connectivity index (χ3v) is 5.86. The van der Waals surface area contributed by atoms with E-state index in [2.05, 4.69) is 55.4 Å². The van der Waals surface area contributed by atoms with Crippen molar-refractivity contribution in [3.05, 3.63) is 65.5 Å². The van der Waals surface area contributed by atoms with Gasteiger partial charge in [0.2, 0.25) is 0 Å². The molecule has 0 atom stereocenters. The first-order chi connectivity index (χ1) is 14.7. The van der Waals surface area contributed by atoms with Gasteiger partial charge in [0.05, 0.1) is 17.6 Å². The normalized spacial score (nSPS) is 15.0. The fourth-order valence-electron chi connectivity index (χ4n) is 4.06. The number of likely N-dealkylation sites (tertiary alicyclic amines) is 1. The van der Waals surface area contributed by atoms with Gasteiger partial charge in [-0.2, -0.15) is 0 Å². The molecule has 1 aromatic heterocycles. The largest absolute Gasteiger partial charge is 0.352 e. The summed E-state index contributed by atoms with van der Waals surface area (Å²) >= 11 is 0. The van der Waals surface area contributed by atoms with Gasteiger partial charge in [-0.1, -0.05) is 42.8 Å². The first kappa shape index (κ1) is 23.5. The molecule has 1 aliphatic heterocycles. The van der Waals surface area contributed by atoms with Crippen molar-refractivity contribution in [2.45, 2.75) is 38.9 Å². The number of piperidine rings is 1. The summed E-state index contributed by atoms with van der Waals surface area (Å²) in [7, 11) is 3.85. The number of nitrogens with one attached hydrogen (secondary N) is 2. The number of para-hydroxylation sites is 2. The van der Waals surface area contributed by atoms with Crippen LogP contribution in [0.15, 0.2) is 53.5 Å². The van der Waals surface area contributed by atoms with Gasteiger partial charge in [-0.25, -0.2) is 4.98 Å². The summed E-state index contributed by atoms with van der Waals surface area (Å²) < 4.78 is 2.12. The first-order valence-corrected chi connectivity index (χ1v) is 10.9. The third-order valence-electron chi connectivity index (χ3n) is 5.86. The second-order valence-corrected chi connectivity index (χ2v) is 8.01. The van der Waals surface area contributed by atoms with E-state index >= 15 is 0 Å². The van der Waals surface area contributed by atoms with E-state index < -0.39 is 0 Å². The van der Waals surface area contributed by atoms with Crippen molar-refractivity contribution in [3.8, 4) is 0 Å². The van der Waals surface area contributed by atoms with Crippen molar-refractivity contribution >= 4 is 41.0 Å². The number of aromatic nitrogens is 2. The number of aliphatic imine (C=N–C) groups is 1. The monoisotopic (exact) mass is 532 g/mol. The number of guanidine groups is 1. The molecule has 0 bridgehead atoms. The lowest BCUT2D eigenvalue weighted by molar-refractivity contribution is 0.221. The van der Waals surface area contributed by atoms with Gasteiger partial charge >= 0.3 is 0 Å². The molecular weight excluding hydrogens is 499 g/mol. The van der Waals surface area contributed by atoms with Gasteiger partial charge < -0.3 is 15.2 Å². The van der Waals surface area contributed by atoms with E-state index in [1.165, 1.54) is 43.5 Å². The van der Waals surface area contributed by atoms with Crippen molar-refractivity contribution in [1.29, 1.82) is 0 Å². The van der Waals surface area contributed by atoms with E-state index in [1.54, 1.807) is 7.05 Å². The number of hydrogen-bond acceptors (Lipinski definition) is 3. The van der Waals surface area contributed by atoms with Crippen LogP contribution in [0.5, 0.6) is 0 Å². The first-order valence-electron chi connectivity index (χ1n) is 10.9. The quantitative estimate of drug-likeness (QED) is 0.286. The topological polar surface area (TPSA) is 57.5 Å². The average Bonchev–Trinajstić information content (AvgIpc) is 3.11. The molecular formula is C24H33IN6. The zero-order valence-corrected chi connectivity index (χ0v) is 20.8. The molecule has 31 heavy (non-hydrogen) atoms. The molecule has 2 N–H and O–H groups in total. The van der Waals surface area contributed by atoms with Crippen LogP contribution in [-0.2, 0) is 26.7 Å². The van der Waals surface area contributed by atoms with Gasteiger partial charge in [-0.3, -0.25) is 9.89 Å². The van der Waals surface area contributed by atoms with Crippen LogP contribution in [0.25, 0.3) is 11.0 Å². The Kier molecular flexibility index (Phi) is 8.71. The van der Waals surface area contributed by atoms with Crippen LogP contribution in [0.3, 0.4) is 0 Å². The highest BCUT2D eigenvalue weighted by Crippen LogP contribution is 2.15. The lowest BCUT2D eigenvalue weighted by atomic mass is 10.1. The van der Waals surface area contributed by atoms with Crippen LogP contribution >= 0.6 is 24.0 Å². The highest BCUT2D eigenvalue weighted by molar-refractivity contribution is 14.0. The summed E-state index contributed by atoms with van der Waals surface area (Å²) in [5.41, 5.74) is 4.80. The summed E-state index contributed by atoms with van der Waals surface area (Å²) in [5, 5.41) is 6.77. The Balaban J connectivity index is 0.00000272. The van der Waals surface area contributed by atoms with Crippen molar-refractivity contribution in [2.24, 2.45) is 12.0 Å². The molecule has 0 radical (unpaired) electrons. The van der Waals surface area contributed by atoms with E-state index in [0.717, 1.165) is 35.9 Å². The molecule has 2 aromatic carbocycles. The van der Waals surface area contributed by atoms with E-state index in [0.29, 0.717) is 6.54 Å². The molecule has 7 heteroatoms. The smallest absolute Gasteiger partial charge is 0.191 e. The van der Waals surface area contributed by atoms with Crippen LogP contribution in [0.4, 0.5) is 0 Å². The van der Waals surface area contributed by atoms with Crippen LogP contribution in [0, 0.1) is 0 Å². The minimum Gasteiger partial charge on any atom is -0.352 e. The SMILES string of the molecule is CN=C(NCc1ccc(CN2CCCCC2)cc1)NCc1nc2ccccc2n1C.I. The second-order valence-electron chi connectivity index (χ2n) is 8.01. The molecule has 1 fully saturated rings. The van der Waals surface area contributed by atoms with Crippen LogP contribution in [0.2, 0.25) is 0 Å². The number of fused-ring (bicyclic) bond motifs is 1. The number of aryl methyl sites for hydroxylation is 1. The average molecular weight is 532 g/mol. The number of rotatable bonds is 6. The van der Waals surface area contributed by atoms with E-state index in [4.69, 9.17) is 4.98 Å². The summed E-state index contributed by atoms with van der Waals surface area (Å²) in [6.45, 7) is 4.90. The molecule has 2 heterocycles. The standard InChI is InChI=1S/C24H32N6.HI/c1-25-24(27-17-23-28-21-8-4-5-9-22(21)29(23)2)26-16-19-10-12-20(13-11-19)18-30-14-6-3-7-15-30;/h4-5,8-13H,3,6-7,14-18H2,1-2H3,(H2,25,26,27);1H. The third kappa shape index (κ3) is 6.20. The predicted molar refractivity (Wildman–Crippen MR) is 139 cm³/mol. The fraction of sp³-hybridized carbons (Fsp3) is 0.417. The number of halogens is 1. The minimum absolute atomic E-state index is 0. The highest BCUT2D eigenvalue weighted by Gasteiger charge is 2.10. The Morgan fingerprint density at radius 1 is 0.935 bits per heavy atom. The highest BCUT2D eigenvalue weighted by atomic mass is 127. The maximum absolute atomic E-state index is 4.71. The number of imidazole rings is 1. The van der Waals surface area contributed by atoms with Crippen molar-refractivity contribution < 1.29 is 0 Å². The van der Waals surface area contributed by atoms with Crippen molar-refractivity contribution in [1.82, 2.24) is 25.1 Å². The second kappa shape index (κ2) is 11.5. The molecule has 0 aliphatic carbocycles. The fourth-order valence-corrected chi connectivity index (χ4v) is 4.06. The van der Waals surface area contributed by atoms with Gasteiger partial charge in [-0.05, 0) is 49.2 Å². The van der Waals surface area contributed by atoms with Crippen molar-refractivity contribution in [2.75, 3.05) is 20.1 Å². The van der Waals surface area contributed by atoms with Gasteiger partial charge in [0.25, 0.3) is 0 Å². The lowest BCUT2D eigenvalue weighted by Crippen LogP contribution is -2.36. The van der Waals surface area contributed by atoms with E-state index in [-0.39, 0.29) is 24.0 Å². The molecule has 0 spiro atoms. The van der Waals surface area contributed by atoms with Gasteiger partial charge in [-0.15, -0.1) is 24.0 Å². The Morgan fingerprint density at radius 3 is 2.32 bits per heavy atom. The molecule has 166 valence electrons. The molecule has 6 nitrogen and oxygen atoms in total. The maximum atomic E-state index is 4.71. The minimum atomic E-state index is 0. The van der Waals surface area contributed by atoms with Crippen LogP contribution in [-0.4, -0.2) is 40.5 Å². The maximum Gasteiger partial charge on any atom is 0.191 e. The molecule has 3 aromatic rings. The number of hydrogen-bond donors (Lipinski definition) is 2. The molecule has 1 saturated heterocycles. The van der Waals surface area contributed by atoms with E-state index in [1.807, 2.05) is 25.2 Å². The zero-order chi connectivity index (χ0) is 20.8. The molecule has 0 saturated carbocycles. The van der Waals surface area contributed by atoms with Gasteiger partial charge in [0, 0.05) is 27.2 Å². The molecule has 4 rings (SSSR count). The van der Waals surface area contributed by atoms with Gasteiger partial charge in [0.1, 0.15) is 5.82 Å². The van der Waals surface area contributed by atoms with Crippen molar-refractivity contribution in [3.63, 3.8) is 0 Å². The Labute approximate surface area is 202 Å². The molecule has 1 aliphatic rings. The summed E-state index contributed by atoms with van der Waals surface area (Å²) in [6.07, 6.45) is 4.05.